The number of allylic oxidation sites excluding steroid dienone is 2. The van der Waals surface area contributed by atoms with Gasteiger partial charge in [0.15, 0.2) is 0 Å². The molecule has 1 heterocycles. The van der Waals surface area contributed by atoms with Gasteiger partial charge in [0.2, 0.25) is 5.88 Å². The van der Waals surface area contributed by atoms with Crippen molar-refractivity contribution in [1.82, 2.24) is 15.6 Å². The molecule has 0 spiro atoms. The Morgan fingerprint density at radius 2 is 2.38 bits per heavy atom. The van der Waals surface area contributed by atoms with Crippen molar-refractivity contribution in [3.8, 4) is 5.88 Å². The summed E-state index contributed by atoms with van der Waals surface area (Å²) in [6.07, 6.45) is 9.72. The molecule has 116 valence electrons. The van der Waals surface area contributed by atoms with Crippen LogP contribution in [0.4, 0.5) is 13.6 Å². The Morgan fingerprint density at radius 1 is 1.52 bits per heavy atom. The quantitative estimate of drug-likeness (QED) is 0.878. The van der Waals surface area contributed by atoms with Crippen molar-refractivity contribution in [3.63, 3.8) is 0 Å². The average molecular weight is 299 g/mol. The first-order valence-electron chi connectivity index (χ1n) is 6.41. The molecular weight excluding hydrogens is 280 g/mol. The number of nitrogens with zero attached hydrogens (tertiary/aromatic N) is 1. The minimum Gasteiger partial charge on any atom is -0.417 e. The molecule has 7 heteroatoms. The summed E-state index contributed by atoms with van der Waals surface area (Å²) in [6, 6.07) is 2.61. The number of pyridine rings is 1. The molecule has 0 unspecified atom stereocenters. The van der Waals surface area contributed by atoms with Crippen molar-refractivity contribution < 1.29 is 21.2 Å². The van der Waals surface area contributed by atoms with Crippen LogP contribution in [-0.4, -0.2) is 23.7 Å². The Hall–Kier alpha value is -2.44. The average Bonchev–Trinajstić information content (AvgIpc) is 2.46. The number of hydrogen-bond acceptors (Lipinski definition) is 3. The van der Waals surface area contributed by atoms with Crippen molar-refractivity contribution in [2.45, 2.75) is 25.6 Å². The maximum absolute atomic E-state index is 12.1. The summed E-state index contributed by atoms with van der Waals surface area (Å²) in [7, 11) is 0. The van der Waals surface area contributed by atoms with Crippen LogP contribution in [0.15, 0.2) is 42.6 Å². The Balaban J connectivity index is 0.00000242. The molecule has 0 radical (unpaired) electrons. The zero-order valence-electron chi connectivity index (χ0n) is 11.1. The fraction of sp³-hybridized carbons (Fsp3) is 0.286. The van der Waals surface area contributed by atoms with Crippen LogP contribution < -0.4 is 15.4 Å². The van der Waals surface area contributed by atoms with Crippen molar-refractivity contribution >= 4 is 6.03 Å². The van der Waals surface area contributed by atoms with E-state index in [0.717, 1.165) is 6.42 Å². The van der Waals surface area contributed by atoms with Gasteiger partial charge in [0.1, 0.15) is 0 Å². The molecule has 0 fully saturated rings. The highest BCUT2D eigenvalue weighted by Gasteiger charge is 2.10. The first kappa shape index (κ1) is 15.0. The van der Waals surface area contributed by atoms with E-state index in [1.807, 2.05) is 24.3 Å². The van der Waals surface area contributed by atoms with Gasteiger partial charge in [-0.3, -0.25) is 0 Å². The van der Waals surface area contributed by atoms with Crippen LogP contribution >= 0.6 is 0 Å². The first-order chi connectivity index (χ1) is 10.1. The summed E-state index contributed by atoms with van der Waals surface area (Å²) in [4.78, 5) is 15.4. The number of hydrogen-bond donors (Lipinski definition) is 2. The smallest absolute Gasteiger partial charge is 0.388 e. The fourth-order valence-corrected chi connectivity index (χ4v) is 1.81. The molecule has 0 saturated heterocycles. The lowest BCUT2D eigenvalue weighted by Gasteiger charge is -2.15. The predicted octanol–water partition coefficient (Wildman–Crippen LogP) is 2.86. The van der Waals surface area contributed by atoms with Crippen LogP contribution in [0.2, 0.25) is 0 Å². The summed E-state index contributed by atoms with van der Waals surface area (Å²) in [5, 5.41) is 5.43. The molecular formula is C14H19F2N3O2. The van der Waals surface area contributed by atoms with E-state index in [-0.39, 0.29) is 27.4 Å². The summed E-state index contributed by atoms with van der Waals surface area (Å²) < 4.78 is 28.3. The van der Waals surface area contributed by atoms with E-state index in [1.54, 1.807) is 6.07 Å². The van der Waals surface area contributed by atoms with Gasteiger partial charge in [0.25, 0.3) is 0 Å². The monoisotopic (exact) mass is 299 g/mol. The third-order valence-electron chi connectivity index (χ3n) is 2.76. The normalized spacial score (nSPS) is 16.8. The predicted molar refractivity (Wildman–Crippen MR) is 77.2 cm³/mol. The van der Waals surface area contributed by atoms with Gasteiger partial charge in [-0.05, 0) is 18.1 Å². The number of urea groups is 1. The summed E-state index contributed by atoms with van der Waals surface area (Å²) >= 11 is 0. The van der Waals surface area contributed by atoms with Gasteiger partial charge < -0.3 is 15.4 Å². The van der Waals surface area contributed by atoms with Gasteiger partial charge in [0.05, 0.1) is 6.04 Å². The van der Waals surface area contributed by atoms with Crippen molar-refractivity contribution in [1.29, 1.82) is 0 Å². The largest absolute Gasteiger partial charge is 0.417 e. The molecule has 0 saturated carbocycles. The molecule has 0 bridgehead atoms. The number of carbonyl (C=O) groups is 1. The van der Waals surface area contributed by atoms with E-state index in [1.165, 1.54) is 12.3 Å². The van der Waals surface area contributed by atoms with E-state index in [4.69, 9.17) is 0 Å². The Kier molecular flexibility index (Phi) is 5.25. The lowest BCUT2D eigenvalue weighted by Crippen LogP contribution is -2.41. The topological polar surface area (TPSA) is 63.2 Å². The fourth-order valence-electron chi connectivity index (χ4n) is 1.81. The van der Waals surface area contributed by atoms with Crippen LogP contribution in [-0.2, 0) is 6.54 Å². The SMILES string of the molecule is O=C(NCc1ccnc(OC(F)F)c1)N[C@H]1C=CC=CC1.[HH].[HH]. The highest BCUT2D eigenvalue weighted by Crippen LogP contribution is 2.12. The molecule has 1 aliphatic rings. The Morgan fingerprint density at radius 3 is 3.10 bits per heavy atom. The highest BCUT2D eigenvalue weighted by atomic mass is 19.3. The van der Waals surface area contributed by atoms with Crippen molar-refractivity contribution in [2.24, 2.45) is 0 Å². The van der Waals surface area contributed by atoms with E-state index < -0.39 is 6.61 Å². The van der Waals surface area contributed by atoms with Crippen LogP contribution in [0, 0.1) is 0 Å². The third-order valence-corrected chi connectivity index (χ3v) is 2.76. The van der Waals surface area contributed by atoms with Crippen molar-refractivity contribution in [2.75, 3.05) is 0 Å². The molecule has 0 aromatic carbocycles. The number of aromatic nitrogens is 1. The molecule has 1 atom stereocenters. The molecule has 0 aliphatic heterocycles. The van der Waals surface area contributed by atoms with Gasteiger partial charge in [-0.15, -0.1) is 0 Å². The van der Waals surface area contributed by atoms with Gasteiger partial charge in [-0.1, -0.05) is 24.3 Å². The van der Waals surface area contributed by atoms with E-state index >= 15 is 0 Å². The molecule has 2 rings (SSSR count). The molecule has 1 aromatic heterocycles. The Labute approximate surface area is 123 Å². The highest BCUT2D eigenvalue weighted by molar-refractivity contribution is 5.74. The van der Waals surface area contributed by atoms with Crippen LogP contribution in [0.25, 0.3) is 0 Å². The summed E-state index contributed by atoms with van der Waals surface area (Å²) in [5.41, 5.74) is 0.620. The van der Waals surface area contributed by atoms with Crippen LogP contribution in [0.1, 0.15) is 14.8 Å². The number of carbonyl (C=O) groups excluding carboxylic acids is 1. The van der Waals surface area contributed by atoms with Crippen LogP contribution in [0.5, 0.6) is 5.88 Å². The zero-order chi connectivity index (χ0) is 15.1. The molecule has 5 nitrogen and oxygen atoms in total. The second-order valence-corrected chi connectivity index (χ2v) is 4.36. The van der Waals surface area contributed by atoms with E-state index in [0.29, 0.717) is 5.56 Å². The minimum absolute atomic E-state index is 0. The van der Waals surface area contributed by atoms with Crippen LogP contribution in [0.3, 0.4) is 0 Å². The Bertz CT molecular complexity index is 557. The molecule has 21 heavy (non-hydrogen) atoms. The maximum Gasteiger partial charge on any atom is 0.388 e. The lowest BCUT2D eigenvalue weighted by molar-refractivity contribution is -0.0528. The summed E-state index contributed by atoms with van der Waals surface area (Å²) in [6.45, 7) is -2.73. The zero-order valence-corrected chi connectivity index (χ0v) is 11.1. The van der Waals surface area contributed by atoms with Gasteiger partial charge in [-0.2, -0.15) is 8.78 Å². The second kappa shape index (κ2) is 7.37. The second-order valence-electron chi connectivity index (χ2n) is 4.36. The minimum atomic E-state index is -2.92. The van der Waals surface area contributed by atoms with E-state index in [2.05, 4.69) is 20.4 Å². The lowest BCUT2D eigenvalue weighted by atomic mass is 10.1. The van der Waals surface area contributed by atoms with Gasteiger partial charge in [0, 0.05) is 21.7 Å². The molecule has 1 aromatic rings. The number of amides is 2. The number of nitrogens with one attached hydrogen (secondary N) is 2. The van der Waals surface area contributed by atoms with Gasteiger partial charge in [-0.25, -0.2) is 9.78 Å². The van der Waals surface area contributed by atoms with Gasteiger partial charge >= 0.3 is 12.6 Å². The third kappa shape index (κ3) is 5.21. The molecule has 2 amide bonds. The number of alkyl halides is 2. The first-order valence-corrected chi connectivity index (χ1v) is 6.41. The number of rotatable bonds is 5. The maximum atomic E-state index is 12.1. The molecule has 1 aliphatic carbocycles. The molecule has 2 N–H and O–H groups in total. The number of ether oxygens (including phenoxy) is 1. The standard InChI is InChI=1S/C14H15F2N3O2.2H2/c15-13(16)21-12-8-10(6-7-17-12)9-18-14(20)19-11-4-2-1-3-5-11;;/h1-4,6-8,11,13H,5,9H2,(H2,18,19,20);2*1H/t11-;;/m0../s1. The van der Waals surface area contributed by atoms with E-state index in [9.17, 15) is 13.6 Å². The van der Waals surface area contributed by atoms with Crippen molar-refractivity contribution in [3.05, 3.63) is 48.2 Å². The summed E-state index contributed by atoms with van der Waals surface area (Å²) in [5.74, 6) is -0.176. The number of halogens is 2.